The van der Waals surface area contributed by atoms with Crippen molar-refractivity contribution in [3.63, 3.8) is 0 Å². The van der Waals surface area contributed by atoms with Gasteiger partial charge in [0, 0.05) is 0 Å². The van der Waals surface area contributed by atoms with Gasteiger partial charge in [0.2, 0.25) is 0 Å². The Morgan fingerprint density at radius 1 is 1.10 bits per heavy atom. The summed E-state index contributed by atoms with van der Waals surface area (Å²) in [5.41, 5.74) is 0. The van der Waals surface area contributed by atoms with Crippen molar-refractivity contribution in [1.29, 1.82) is 0 Å². The quantitative estimate of drug-likeness (QED) is 0.605. The number of hydrogen-bond donors (Lipinski definition) is 0. The predicted molar refractivity (Wildman–Crippen MR) is 43.7 cm³/mol. The second-order valence-corrected chi connectivity index (χ2v) is 15.2. The fourth-order valence-corrected chi connectivity index (χ4v) is 3.19. The summed E-state index contributed by atoms with van der Waals surface area (Å²) in [6.45, 7) is 3.64. The first-order valence-electron chi connectivity index (χ1n) is 3.74. The van der Waals surface area contributed by atoms with Gasteiger partial charge in [0.15, 0.2) is 0 Å². The Bertz CT molecular complexity index is 122. The zero-order chi connectivity index (χ0) is 7.83. The third-order valence-electron chi connectivity index (χ3n) is 2.20. The van der Waals surface area contributed by atoms with Crippen LogP contribution in [0.2, 0.25) is 17.3 Å². The normalized spacial score (nSPS) is 25.2. The molecule has 0 aliphatic carbocycles. The molecule has 0 radical (unpaired) electrons. The van der Waals surface area contributed by atoms with Gasteiger partial charge < -0.3 is 0 Å². The van der Waals surface area contributed by atoms with E-state index in [4.69, 9.17) is 9.47 Å². The molecule has 0 N–H and O–H groups in total. The summed E-state index contributed by atoms with van der Waals surface area (Å²) in [5.74, 6) is 6.93. The van der Waals surface area contributed by atoms with E-state index >= 15 is 0 Å². The van der Waals surface area contributed by atoms with Gasteiger partial charge in [-0.3, -0.25) is 0 Å². The van der Waals surface area contributed by atoms with E-state index in [-0.39, 0.29) is 4.62 Å². The molecule has 60 valence electrons. The Kier molecular flexibility index (Phi) is 2.14. The van der Waals surface area contributed by atoms with E-state index in [2.05, 4.69) is 24.2 Å². The standard InChI is InChI=1S/C7H16GeO2/c1-7(8(2,3)4)9-5-6-10-7/h5-6H2,1-4H3. The molecule has 1 heterocycles. The first kappa shape index (κ1) is 8.56. The van der Waals surface area contributed by atoms with Gasteiger partial charge in [-0.1, -0.05) is 0 Å². The molecule has 1 saturated heterocycles. The van der Waals surface area contributed by atoms with Gasteiger partial charge in [-0.2, -0.15) is 0 Å². The molecular formula is C7H16GeO2. The summed E-state index contributed by atoms with van der Waals surface area (Å²) in [6.07, 6.45) is 0. The van der Waals surface area contributed by atoms with Crippen LogP contribution in [0, 0.1) is 0 Å². The van der Waals surface area contributed by atoms with E-state index in [0.717, 1.165) is 13.2 Å². The van der Waals surface area contributed by atoms with Crippen LogP contribution in [-0.4, -0.2) is 31.1 Å². The second kappa shape index (κ2) is 2.50. The SMILES string of the molecule is C[C]1([Ge]([CH3])([CH3])[CH3])OCCO1. The molecule has 0 aromatic rings. The van der Waals surface area contributed by atoms with Gasteiger partial charge in [0.1, 0.15) is 0 Å². The monoisotopic (exact) mass is 206 g/mol. The third-order valence-corrected chi connectivity index (χ3v) is 8.52. The molecule has 2 nitrogen and oxygen atoms in total. The number of ether oxygens (including phenoxy) is 2. The average molecular weight is 205 g/mol. The minimum absolute atomic E-state index is 0.181. The molecule has 0 saturated carbocycles. The average Bonchev–Trinajstić information content (AvgIpc) is 2.13. The van der Waals surface area contributed by atoms with Gasteiger partial charge >= 0.3 is 64.8 Å². The van der Waals surface area contributed by atoms with Gasteiger partial charge in [-0.15, -0.1) is 0 Å². The molecule has 3 heteroatoms. The third kappa shape index (κ3) is 1.38. The van der Waals surface area contributed by atoms with Crippen LogP contribution in [0.15, 0.2) is 0 Å². The number of rotatable bonds is 1. The molecule has 0 atom stereocenters. The van der Waals surface area contributed by atoms with Crippen molar-refractivity contribution in [2.75, 3.05) is 13.2 Å². The summed E-state index contributed by atoms with van der Waals surface area (Å²) in [7, 11) is 0. The maximum absolute atomic E-state index is 5.57. The summed E-state index contributed by atoms with van der Waals surface area (Å²) in [5, 5.41) is 0. The van der Waals surface area contributed by atoms with Crippen molar-refractivity contribution >= 4 is 13.3 Å². The molecule has 0 aromatic heterocycles. The molecule has 0 amide bonds. The van der Waals surface area contributed by atoms with Crippen LogP contribution >= 0.6 is 0 Å². The van der Waals surface area contributed by atoms with Crippen molar-refractivity contribution < 1.29 is 9.47 Å². The summed E-state index contributed by atoms with van der Waals surface area (Å²) >= 11 is -1.77. The fourth-order valence-electron chi connectivity index (χ4n) is 0.948. The summed E-state index contributed by atoms with van der Waals surface area (Å²) in [6, 6.07) is 0. The minimum atomic E-state index is -1.77. The van der Waals surface area contributed by atoms with E-state index < -0.39 is 13.3 Å². The van der Waals surface area contributed by atoms with Crippen LogP contribution in [0.4, 0.5) is 0 Å². The van der Waals surface area contributed by atoms with E-state index in [9.17, 15) is 0 Å². The topological polar surface area (TPSA) is 18.5 Å². The molecule has 1 aliphatic heterocycles. The Labute approximate surface area is 65.3 Å². The Morgan fingerprint density at radius 2 is 1.50 bits per heavy atom. The Balaban J connectivity index is 2.67. The van der Waals surface area contributed by atoms with Crippen molar-refractivity contribution in [1.82, 2.24) is 0 Å². The zero-order valence-corrected chi connectivity index (χ0v) is 9.33. The first-order chi connectivity index (χ1) is 4.46. The number of hydrogen-bond acceptors (Lipinski definition) is 2. The molecule has 0 spiro atoms. The van der Waals surface area contributed by atoms with Crippen LogP contribution in [0.1, 0.15) is 6.92 Å². The van der Waals surface area contributed by atoms with Gasteiger partial charge in [-0.05, 0) is 0 Å². The van der Waals surface area contributed by atoms with Crippen LogP contribution in [0.3, 0.4) is 0 Å². The van der Waals surface area contributed by atoms with Crippen molar-refractivity contribution in [3.8, 4) is 0 Å². The summed E-state index contributed by atoms with van der Waals surface area (Å²) < 4.78 is 11.0. The van der Waals surface area contributed by atoms with Crippen molar-refractivity contribution in [3.05, 3.63) is 0 Å². The van der Waals surface area contributed by atoms with E-state index in [1.54, 1.807) is 0 Å². The van der Waals surface area contributed by atoms with Gasteiger partial charge in [-0.25, -0.2) is 0 Å². The first-order valence-corrected chi connectivity index (χ1v) is 11.1. The van der Waals surface area contributed by atoms with Crippen molar-refractivity contribution in [2.45, 2.75) is 28.8 Å². The summed E-state index contributed by atoms with van der Waals surface area (Å²) in [4.78, 5) is 0. The Morgan fingerprint density at radius 3 is 1.70 bits per heavy atom. The van der Waals surface area contributed by atoms with Crippen LogP contribution in [-0.2, 0) is 9.47 Å². The molecule has 0 unspecified atom stereocenters. The molecule has 1 aliphatic rings. The Hall–Kier alpha value is 0.463. The molecule has 0 bridgehead atoms. The molecular weight excluding hydrogens is 189 g/mol. The molecule has 0 aromatic carbocycles. The van der Waals surface area contributed by atoms with Crippen LogP contribution in [0.5, 0.6) is 0 Å². The van der Waals surface area contributed by atoms with Crippen LogP contribution < -0.4 is 0 Å². The second-order valence-electron chi connectivity index (χ2n) is 3.89. The van der Waals surface area contributed by atoms with Gasteiger partial charge in [0.25, 0.3) is 0 Å². The molecule has 10 heavy (non-hydrogen) atoms. The maximum atomic E-state index is 5.57. The fraction of sp³-hybridized carbons (Fsp3) is 1.00. The zero-order valence-electron chi connectivity index (χ0n) is 7.23. The van der Waals surface area contributed by atoms with Gasteiger partial charge in [0.05, 0.1) is 0 Å². The van der Waals surface area contributed by atoms with E-state index in [1.165, 1.54) is 0 Å². The van der Waals surface area contributed by atoms with E-state index in [0.29, 0.717) is 0 Å². The molecule has 1 fully saturated rings. The van der Waals surface area contributed by atoms with Crippen molar-refractivity contribution in [2.24, 2.45) is 0 Å². The van der Waals surface area contributed by atoms with E-state index in [1.807, 2.05) is 0 Å². The predicted octanol–water partition coefficient (Wildman–Crippen LogP) is 1.63. The molecule has 1 rings (SSSR count). The van der Waals surface area contributed by atoms with Crippen LogP contribution in [0.25, 0.3) is 0 Å².